The van der Waals surface area contributed by atoms with E-state index in [1.54, 1.807) is 31.3 Å². The van der Waals surface area contributed by atoms with Crippen molar-refractivity contribution in [2.45, 2.75) is 24.4 Å². The molecule has 0 fully saturated rings. The predicted molar refractivity (Wildman–Crippen MR) is 121 cm³/mol. The van der Waals surface area contributed by atoms with Crippen molar-refractivity contribution in [3.8, 4) is 22.8 Å². The highest BCUT2D eigenvalue weighted by Gasteiger charge is 2.18. The van der Waals surface area contributed by atoms with Gasteiger partial charge in [-0.05, 0) is 49.1 Å². The smallest absolute Gasteiger partial charge is 0.196 e. The first kappa shape index (κ1) is 20.2. The number of hydrogen-bond donors (Lipinski definition) is 0. The van der Waals surface area contributed by atoms with Crippen LogP contribution in [0.5, 0.6) is 5.75 Å². The zero-order chi connectivity index (χ0) is 20.6. The lowest BCUT2D eigenvalue weighted by molar-refractivity contribution is 0.412. The number of benzene rings is 2. The van der Waals surface area contributed by atoms with Crippen LogP contribution in [0.3, 0.4) is 0 Å². The summed E-state index contributed by atoms with van der Waals surface area (Å²) in [6.07, 6.45) is 6.91. The van der Waals surface area contributed by atoms with Gasteiger partial charge in [0, 0.05) is 23.7 Å². The minimum Gasteiger partial charge on any atom is -0.495 e. The first-order valence-electron chi connectivity index (χ1n) is 10.0. The monoisotopic (exact) mass is 416 g/mol. The molecular weight excluding hydrogens is 392 g/mol. The van der Waals surface area contributed by atoms with E-state index < -0.39 is 0 Å². The normalized spacial score (nSPS) is 10.8. The topological polar surface area (TPSA) is 52.8 Å². The number of unbranched alkanes of at least 4 members (excludes halogenated alkanes) is 1. The molecule has 4 rings (SSSR count). The summed E-state index contributed by atoms with van der Waals surface area (Å²) in [4.78, 5) is 4.12. The number of rotatable bonds is 9. The quantitative estimate of drug-likeness (QED) is 0.268. The van der Waals surface area contributed by atoms with E-state index in [1.165, 1.54) is 5.56 Å². The number of aryl methyl sites for hydroxylation is 1. The molecule has 0 saturated heterocycles. The Morgan fingerprint density at radius 2 is 1.63 bits per heavy atom. The molecule has 2 heterocycles. The highest BCUT2D eigenvalue weighted by Crippen LogP contribution is 2.32. The number of aromatic nitrogens is 4. The molecular formula is C24H24N4OS. The summed E-state index contributed by atoms with van der Waals surface area (Å²) in [7, 11) is 1.69. The highest BCUT2D eigenvalue weighted by atomic mass is 32.2. The van der Waals surface area contributed by atoms with Crippen LogP contribution in [0.2, 0.25) is 0 Å². The maximum Gasteiger partial charge on any atom is 0.196 e. The Hall–Kier alpha value is -3.12. The van der Waals surface area contributed by atoms with E-state index >= 15 is 0 Å². The van der Waals surface area contributed by atoms with Gasteiger partial charge in [0.1, 0.15) is 5.75 Å². The van der Waals surface area contributed by atoms with Gasteiger partial charge in [0.2, 0.25) is 0 Å². The lowest BCUT2D eigenvalue weighted by atomic mass is 10.1. The van der Waals surface area contributed by atoms with Crippen LogP contribution in [-0.4, -0.2) is 32.6 Å². The Balaban J connectivity index is 1.53. The second-order valence-corrected chi connectivity index (χ2v) is 7.90. The van der Waals surface area contributed by atoms with Crippen LogP contribution in [0.25, 0.3) is 17.1 Å². The fourth-order valence-corrected chi connectivity index (χ4v) is 4.27. The molecule has 2 aromatic heterocycles. The summed E-state index contributed by atoms with van der Waals surface area (Å²) in [6, 6.07) is 22.5. The Morgan fingerprint density at radius 3 is 2.43 bits per heavy atom. The summed E-state index contributed by atoms with van der Waals surface area (Å²) in [5.74, 6) is 2.56. The van der Waals surface area contributed by atoms with Crippen LogP contribution in [0.15, 0.2) is 84.3 Å². The van der Waals surface area contributed by atoms with Gasteiger partial charge in [0.05, 0.1) is 12.8 Å². The number of methoxy groups -OCH3 is 1. The summed E-state index contributed by atoms with van der Waals surface area (Å²) in [5, 5.41) is 9.86. The Bertz CT molecular complexity index is 1070. The second-order valence-electron chi connectivity index (χ2n) is 6.84. The van der Waals surface area contributed by atoms with E-state index in [2.05, 4.69) is 50.1 Å². The Kier molecular flexibility index (Phi) is 6.77. The van der Waals surface area contributed by atoms with Gasteiger partial charge in [-0.3, -0.25) is 9.55 Å². The van der Waals surface area contributed by atoms with Gasteiger partial charge in [0.15, 0.2) is 11.0 Å². The molecule has 0 spiro atoms. The SMILES string of the molecule is COc1ccccc1-n1c(SCCCCc2ccccc2)nnc1-c1ccncc1. The van der Waals surface area contributed by atoms with Crippen LogP contribution < -0.4 is 4.74 Å². The molecule has 0 aliphatic carbocycles. The lowest BCUT2D eigenvalue weighted by Crippen LogP contribution is -2.02. The molecule has 0 atom stereocenters. The highest BCUT2D eigenvalue weighted by molar-refractivity contribution is 7.99. The Labute approximate surface area is 181 Å². The van der Waals surface area contributed by atoms with Crippen molar-refractivity contribution in [1.29, 1.82) is 0 Å². The molecule has 6 heteroatoms. The van der Waals surface area contributed by atoms with Gasteiger partial charge in [-0.15, -0.1) is 10.2 Å². The van der Waals surface area contributed by atoms with Crippen LogP contribution in [0, 0.1) is 0 Å². The van der Waals surface area contributed by atoms with Gasteiger partial charge in [-0.2, -0.15) is 0 Å². The molecule has 0 unspecified atom stereocenters. The third-order valence-corrected chi connectivity index (χ3v) is 5.85. The Morgan fingerprint density at radius 1 is 0.867 bits per heavy atom. The third kappa shape index (κ3) is 4.71. The maximum absolute atomic E-state index is 5.61. The van der Waals surface area contributed by atoms with Crippen molar-refractivity contribution in [3.63, 3.8) is 0 Å². The molecule has 0 amide bonds. The first-order valence-corrected chi connectivity index (χ1v) is 11.0. The number of thioether (sulfide) groups is 1. The molecule has 0 N–H and O–H groups in total. The minimum absolute atomic E-state index is 0.786. The predicted octanol–water partition coefficient (Wildman–Crippen LogP) is 5.45. The van der Waals surface area contributed by atoms with Crippen molar-refractivity contribution in [1.82, 2.24) is 19.7 Å². The molecule has 2 aromatic carbocycles. The summed E-state index contributed by atoms with van der Waals surface area (Å²) >= 11 is 1.73. The zero-order valence-electron chi connectivity index (χ0n) is 16.9. The second kappa shape index (κ2) is 10.1. The van der Waals surface area contributed by atoms with E-state index in [9.17, 15) is 0 Å². The van der Waals surface area contributed by atoms with Crippen LogP contribution >= 0.6 is 11.8 Å². The van der Waals surface area contributed by atoms with E-state index in [-0.39, 0.29) is 0 Å². The van der Waals surface area contributed by atoms with E-state index in [1.807, 2.05) is 36.4 Å². The molecule has 5 nitrogen and oxygen atoms in total. The molecule has 152 valence electrons. The average molecular weight is 417 g/mol. The van der Waals surface area contributed by atoms with Gasteiger partial charge in [-0.1, -0.05) is 54.2 Å². The lowest BCUT2D eigenvalue weighted by Gasteiger charge is -2.13. The van der Waals surface area contributed by atoms with Crippen LogP contribution in [0.1, 0.15) is 18.4 Å². The largest absolute Gasteiger partial charge is 0.495 e. The summed E-state index contributed by atoms with van der Waals surface area (Å²) < 4.78 is 7.69. The number of pyridine rings is 1. The van der Waals surface area contributed by atoms with Crippen molar-refractivity contribution >= 4 is 11.8 Å². The molecule has 0 aliphatic heterocycles. The number of para-hydroxylation sites is 2. The van der Waals surface area contributed by atoms with Crippen molar-refractivity contribution < 1.29 is 4.74 Å². The van der Waals surface area contributed by atoms with Gasteiger partial charge in [-0.25, -0.2) is 0 Å². The fraction of sp³-hybridized carbons (Fsp3) is 0.208. The number of hydrogen-bond acceptors (Lipinski definition) is 5. The van der Waals surface area contributed by atoms with E-state index in [0.717, 1.165) is 53.0 Å². The fourth-order valence-electron chi connectivity index (χ4n) is 3.32. The zero-order valence-corrected chi connectivity index (χ0v) is 17.8. The first-order chi connectivity index (χ1) is 14.9. The third-order valence-electron chi connectivity index (χ3n) is 4.83. The van der Waals surface area contributed by atoms with Crippen molar-refractivity contribution in [2.75, 3.05) is 12.9 Å². The summed E-state index contributed by atoms with van der Waals surface area (Å²) in [6.45, 7) is 0. The van der Waals surface area contributed by atoms with Gasteiger partial charge in [0.25, 0.3) is 0 Å². The molecule has 0 aliphatic rings. The number of ether oxygens (including phenoxy) is 1. The van der Waals surface area contributed by atoms with E-state index in [0.29, 0.717) is 0 Å². The van der Waals surface area contributed by atoms with Crippen molar-refractivity contribution in [3.05, 3.63) is 84.7 Å². The van der Waals surface area contributed by atoms with Crippen LogP contribution in [-0.2, 0) is 6.42 Å². The van der Waals surface area contributed by atoms with Crippen molar-refractivity contribution in [2.24, 2.45) is 0 Å². The molecule has 0 bridgehead atoms. The van der Waals surface area contributed by atoms with E-state index in [4.69, 9.17) is 4.74 Å². The average Bonchev–Trinajstić information content (AvgIpc) is 3.23. The molecule has 4 aromatic rings. The van der Waals surface area contributed by atoms with Crippen LogP contribution in [0.4, 0.5) is 0 Å². The number of nitrogens with zero attached hydrogens (tertiary/aromatic N) is 4. The molecule has 0 saturated carbocycles. The van der Waals surface area contributed by atoms with Gasteiger partial charge >= 0.3 is 0 Å². The summed E-state index contributed by atoms with van der Waals surface area (Å²) in [5.41, 5.74) is 3.29. The molecule has 0 radical (unpaired) electrons. The van der Waals surface area contributed by atoms with Gasteiger partial charge < -0.3 is 4.74 Å². The minimum atomic E-state index is 0.786. The standard InChI is InChI=1S/C24H24N4OS/c1-29-22-13-6-5-12-21(22)28-23(20-14-16-25-17-15-20)26-27-24(28)30-18-8-7-11-19-9-3-2-4-10-19/h2-6,9-10,12-17H,7-8,11,18H2,1H3. The maximum atomic E-state index is 5.61. The molecule has 30 heavy (non-hydrogen) atoms.